The van der Waals surface area contributed by atoms with Crippen molar-refractivity contribution >= 4 is 172 Å². The summed E-state index contributed by atoms with van der Waals surface area (Å²) in [6, 6.07) is 0. The number of hydrogen-bond donors (Lipinski definition) is 8. The fourth-order valence-electron chi connectivity index (χ4n) is 2.20. The Morgan fingerprint density at radius 3 is 0.706 bits per heavy atom. The summed E-state index contributed by atoms with van der Waals surface area (Å²) < 4.78 is 0. The molecule has 34 heavy (non-hydrogen) atoms. The van der Waals surface area contributed by atoms with Gasteiger partial charge in [0.2, 0.25) is 0 Å². The van der Waals surface area contributed by atoms with E-state index in [1.54, 1.807) is 0 Å². The van der Waals surface area contributed by atoms with Crippen molar-refractivity contribution in [1.29, 1.82) is 0 Å². The van der Waals surface area contributed by atoms with Crippen LogP contribution >= 0.6 is 172 Å². The molecule has 14 heteroatoms. The minimum Gasteiger partial charge on any atom is -0.179 e. The average Bonchev–Trinajstić information content (AvgIpc) is 2.86. The molecule has 0 nitrogen and oxygen atoms in total. The largest absolute Gasteiger partial charge is 0.179 e. The van der Waals surface area contributed by atoms with E-state index in [2.05, 4.69) is 101 Å². The summed E-state index contributed by atoms with van der Waals surface area (Å²) >= 11 is 46.7. The molecule has 0 radical (unpaired) electrons. The van der Waals surface area contributed by atoms with Crippen LogP contribution in [0.4, 0.5) is 0 Å². The molecule has 0 aliphatic carbocycles. The van der Waals surface area contributed by atoms with Crippen molar-refractivity contribution in [3.63, 3.8) is 0 Å². The van der Waals surface area contributed by atoms with Crippen molar-refractivity contribution < 1.29 is 0 Å². The van der Waals surface area contributed by atoms with Crippen LogP contribution in [0.2, 0.25) is 0 Å². The molecular weight excluding hydrogens is 689 g/mol. The Kier molecular flexibility index (Phi) is 41.2. The molecule has 0 fully saturated rings. The molecular formula is C20H44S14. The third-order valence-electron chi connectivity index (χ3n) is 3.74. The summed E-state index contributed by atoms with van der Waals surface area (Å²) in [5.74, 6) is 16.9. The van der Waals surface area contributed by atoms with Gasteiger partial charge in [0.1, 0.15) is 0 Å². The Morgan fingerprint density at radius 1 is 0.353 bits per heavy atom. The molecule has 4 unspecified atom stereocenters. The molecule has 0 N–H and O–H groups in total. The molecule has 0 bridgehead atoms. The van der Waals surface area contributed by atoms with Crippen LogP contribution in [0.15, 0.2) is 0 Å². The minimum atomic E-state index is 0.636. The van der Waals surface area contributed by atoms with Gasteiger partial charge in [-0.1, -0.05) is 0 Å². The fraction of sp³-hybridized carbons (Fsp3) is 1.00. The van der Waals surface area contributed by atoms with E-state index in [-0.39, 0.29) is 0 Å². The zero-order valence-corrected chi connectivity index (χ0v) is 31.7. The van der Waals surface area contributed by atoms with Gasteiger partial charge in [-0.2, -0.15) is 172 Å². The molecule has 0 aliphatic rings. The second-order valence-electron chi connectivity index (χ2n) is 6.68. The van der Waals surface area contributed by atoms with Crippen molar-refractivity contribution in [1.82, 2.24) is 0 Å². The Labute approximate surface area is 281 Å². The maximum absolute atomic E-state index is 4.44. The molecule has 208 valence electrons. The van der Waals surface area contributed by atoms with Gasteiger partial charge in [-0.15, -0.1) is 0 Å². The molecule has 0 saturated heterocycles. The lowest BCUT2D eigenvalue weighted by atomic mass is 10.5. The Bertz CT molecular complexity index is 313. The van der Waals surface area contributed by atoms with Crippen LogP contribution in [0.1, 0.15) is 0 Å². The van der Waals surface area contributed by atoms with Gasteiger partial charge in [-0.25, -0.2) is 0 Å². The molecule has 0 aromatic heterocycles. The van der Waals surface area contributed by atoms with Gasteiger partial charge >= 0.3 is 0 Å². The van der Waals surface area contributed by atoms with Crippen molar-refractivity contribution in [3.8, 4) is 0 Å². The maximum Gasteiger partial charge on any atom is 0.0229 e. The van der Waals surface area contributed by atoms with Crippen LogP contribution in [0.25, 0.3) is 0 Å². The van der Waals surface area contributed by atoms with E-state index < -0.39 is 0 Å². The third-order valence-corrected chi connectivity index (χ3v) is 16.8. The third kappa shape index (κ3) is 28.4. The van der Waals surface area contributed by atoms with E-state index in [1.807, 2.05) is 70.6 Å². The Morgan fingerprint density at radius 2 is 0.559 bits per heavy atom. The Hall–Kier alpha value is 4.90. The predicted octanol–water partition coefficient (Wildman–Crippen LogP) is 7.28. The lowest BCUT2D eigenvalue weighted by Gasteiger charge is -2.20. The van der Waals surface area contributed by atoms with E-state index in [9.17, 15) is 0 Å². The van der Waals surface area contributed by atoms with E-state index in [4.69, 9.17) is 0 Å². The summed E-state index contributed by atoms with van der Waals surface area (Å²) in [5.41, 5.74) is 0. The second-order valence-corrected chi connectivity index (χ2v) is 17.7. The van der Waals surface area contributed by atoms with Crippen molar-refractivity contribution in [3.05, 3.63) is 0 Å². The zero-order chi connectivity index (χ0) is 25.9. The number of hydrogen-bond acceptors (Lipinski definition) is 14. The second kappa shape index (κ2) is 34.1. The van der Waals surface area contributed by atoms with Crippen LogP contribution in [0.3, 0.4) is 0 Å². The first kappa shape index (κ1) is 41.0. The molecule has 0 amide bonds. The Balaban J connectivity index is 0. The highest BCUT2D eigenvalue weighted by Gasteiger charge is 2.16. The normalized spacial score (nSPS) is 14.8. The topological polar surface area (TPSA) is 0 Å². The van der Waals surface area contributed by atoms with E-state index in [0.717, 1.165) is 69.0 Å². The summed E-state index contributed by atoms with van der Waals surface area (Å²) in [6.45, 7) is 0. The minimum absolute atomic E-state index is 0.636. The van der Waals surface area contributed by atoms with E-state index in [0.29, 0.717) is 21.0 Å². The molecule has 0 rings (SSSR count). The highest BCUT2D eigenvalue weighted by atomic mass is 32.2. The average molecular weight is 734 g/mol. The van der Waals surface area contributed by atoms with Gasteiger partial charge in [0, 0.05) is 90.0 Å². The van der Waals surface area contributed by atoms with Crippen LogP contribution in [0.5, 0.6) is 0 Å². The lowest BCUT2D eigenvalue weighted by molar-refractivity contribution is 1.09. The first-order chi connectivity index (χ1) is 16.6. The van der Waals surface area contributed by atoms with Crippen LogP contribution in [-0.2, 0) is 0 Å². The molecule has 4 atom stereocenters. The first-order valence-electron chi connectivity index (χ1n) is 11.0. The van der Waals surface area contributed by atoms with Gasteiger partial charge in [-0.3, -0.25) is 0 Å². The number of rotatable bonds is 24. The summed E-state index contributed by atoms with van der Waals surface area (Å²) in [6.07, 6.45) is 0. The van der Waals surface area contributed by atoms with Gasteiger partial charge < -0.3 is 0 Å². The first-order valence-corrected chi connectivity index (χ1v) is 22.6. The van der Waals surface area contributed by atoms with Gasteiger partial charge in [-0.05, 0) is 23.0 Å². The molecule has 0 spiro atoms. The van der Waals surface area contributed by atoms with Crippen LogP contribution in [0, 0.1) is 0 Å². The van der Waals surface area contributed by atoms with Gasteiger partial charge in [0.15, 0.2) is 0 Å². The lowest BCUT2D eigenvalue weighted by Crippen LogP contribution is -2.19. The predicted molar refractivity (Wildman–Crippen MR) is 210 cm³/mol. The zero-order valence-electron chi connectivity index (χ0n) is 19.7. The van der Waals surface area contributed by atoms with Crippen LogP contribution < -0.4 is 0 Å². The molecule has 0 heterocycles. The van der Waals surface area contributed by atoms with Gasteiger partial charge in [0.25, 0.3) is 0 Å². The molecule has 0 saturated carbocycles. The van der Waals surface area contributed by atoms with Crippen LogP contribution in [-0.4, -0.2) is 113 Å². The van der Waals surface area contributed by atoms with E-state index >= 15 is 0 Å². The van der Waals surface area contributed by atoms with Crippen molar-refractivity contribution in [2.75, 3.05) is 92.0 Å². The molecule has 0 aliphatic heterocycles. The standard InChI is InChI=1S/2C10H22S7/c2*11-1-3-15-7-9(5-13)17-10(6-14)8-16-4-2-12/h2*9-14H,1-8H2. The SMILES string of the molecule is SCCSCC(CS)SC(CS)CSCCS.SCCSCC(CS)SC(CS)CSCCS. The summed E-state index contributed by atoms with van der Waals surface area (Å²) in [7, 11) is 0. The summed E-state index contributed by atoms with van der Waals surface area (Å²) in [4.78, 5) is 0. The fourth-order valence-corrected chi connectivity index (χ4v) is 12.5. The summed E-state index contributed by atoms with van der Waals surface area (Å²) in [5, 5.41) is 2.54. The highest BCUT2D eigenvalue weighted by Crippen LogP contribution is 2.27. The number of thiol groups is 8. The van der Waals surface area contributed by atoms with E-state index in [1.165, 1.54) is 23.0 Å². The number of thioether (sulfide) groups is 6. The quantitative estimate of drug-likeness (QED) is 0.0386. The smallest absolute Gasteiger partial charge is 0.0229 e. The highest BCUT2D eigenvalue weighted by molar-refractivity contribution is 8.07. The molecule has 0 aromatic carbocycles. The molecule has 0 aromatic rings. The van der Waals surface area contributed by atoms with Crippen molar-refractivity contribution in [2.45, 2.75) is 21.0 Å². The monoisotopic (exact) mass is 732 g/mol. The van der Waals surface area contributed by atoms with Gasteiger partial charge in [0.05, 0.1) is 0 Å². The maximum atomic E-state index is 4.44. The van der Waals surface area contributed by atoms with Crippen molar-refractivity contribution in [2.24, 2.45) is 0 Å².